The van der Waals surface area contributed by atoms with E-state index >= 15 is 0 Å². The molecule has 0 bridgehead atoms. The first kappa shape index (κ1) is 16.2. The van der Waals surface area contributed by atoms with Gasteiger partial charge in [0, 0.05) is 12.4 Å². The predicted octanol–water partition coefficient (Wildman–Crippen LogP) is 3.52. The third-order valence-electron chi connectivity index (χ3n) is 3.04. The van der Waals surface area contributed by atoms with Gasteiger partial charge in [0.25, 0.3) is 0 Å². The summed E-state index contributed by atoms with van der Waals surface area (Å²) in [5, 5.41) is 3.04. The van der Waals surface area contributed by atoms with Crippen molar-refractivity contribution in [2.24, 2.45) is 0 Å². The molecule has 0 radical (unpaired) electrons. The molecular formula is C16H16ClFN2O2. The standard InChI is InChI=1S/C16H16ClFN2O2/c1-11(12-3-2-7-19-10-12)20-16(21)6-8-22-15-5-4-13(18)9-14(15)17/h2-5,7,9-11H,6,8H2,1H3,(H,20,21). The lowest BCUT2D eigenvalue weighted by Crippen LogP contribution is -2.27. The highest BCUT2D eigenvalue weighted by Crippen LogP contribution is 2.24. The average Bonchev–Trinajstić information content (AvgIpc) is 2.50. The number of halogens is 2. The number of nitrogens with zero attached hydrogens (tertiary/aromatic N) is 1. The third-order valence-corrected chi connectivity index (χ3v) is 3.34. The molecule has 0 aliphatic carbocycles. The summed E-state index contributed by atoms with van der Waals surface area (Å²) in [6, 6.07) is 7.45. The summed E-state index contributed by atoms with van der Waals surface area (Å²) < 4.78 is 18.3. The first-order chi connectivity index (χ1) is 10.6. The molecular weight excluding hydrogens is 307 g/mol. The smallest absolute Gasteiger partial charge is 0.223 e. The van der Waals surface area contributed by atoms with E-state index in [9.17, 15) is 9.18 Å². The summed E-state index contributed by atoms with van der Waals surface area (Å²) in [5.74, 6) is -0.217. The van der Waals surface area contributed by atoms with Crippen molar-refractivity contribution in [3.05, 3.63) is 59.1 Å². The van der Waals surface area contributed by atoms with Crippen LogP contribution < -0.4 is 10.1 Å². The first-order valence-electron chi connectivity index (χ1n) is 6.83. The van der Waals surface area contributed by atoms with Crippen LogP contribution in [0.25, 0.3) is 0 Å². The van der Waals surface area contributed by atoms with Gasteiger partial charge in [-0.05, 0) is 36.8 Å². The molecule has 1 aromatic heterocycles. The van der Waals surface area contributed by atoms with Crippen molar-refractivity contribution in [2.75, 3.05) is 6.61 Å². The van der Waals surface area contributed by atoms with Crippen LogP contribution in [0, 0.1) is 5.82 Å². The Morgan fingerprint density at radius 1 is 1.45 bits per heavy atom. The molecule has 2 rings (SSSR count). The molecule has 1 unspecified atom stereocenters. The number of pyridine rings is 1. The van der Waals surface area contributed by atoms with E-state index in [1.807, 2.05) is 19.1 Å². The Kier molecular flexibility index (Phi) is 5.72. The molecule has 4 nitrogen and oxygen atoms in total. The largest absolute Gasteiger partial charge is 0.491 e. The molecule has 0 aliphatic rings. The van der Waals surface area contributed by atoms with Gasteiger partial charge in [-0.25, -0.2) is 4.39 Å². The van der Waals surface area contributed by atoms with Crippen LogP contribution in [0.5, 0.6) is 5.75 Å². The fourth-order valence-corrected chi connectivity index (χ4v) is 2.10. The maximum absolute atomic E-state index is 12.9. The van der Waals surface area contributed by atoms with Crippen molar-refractivity contribution in [1.29, 1.82) is 0 Å². The summed E-state index contributed by atoms with van der Waals surface area (Å²) in [7, 11) is 0. The molecule has 0 saturated carbocycles. The van der Waals surface area contributed by atoms with Crippen LogP contribution in [-0.4, -0.2) is 17.5 Å². The van der Waals surface area contributed by atoms with Crippen LogP contribution in [0.3, 0.4) is 0 Å². The van der Waals surface area contributed by atoms with Crippen LogP contribution in [0.2, 0.25) is 5.02 Å². The number of benzene rings is 1. The second-order valence-electron chi connectivity index (χ2n) is 4.75. The van der Waals surface area contributed by atoms with E-state index in [-0.39, 0.29) is 30.0 Å². The van der Waals surface area contributed by atoms with Crippen molar-refractivity contribution >= 4 is 17.5 Å². The van der Waals surface area contributed by atoms with Crippen LogP contribution in [0.15, 0.2) is 42.7 Å². The van der Waals surface area contributed by atoms with E-state index < -0.39 is 5.82 Å². The van der Waals surface area contributed by atoms with E-state index in [0.717, 1.165) is 5.56 Å². The van der Waals surface area contributed by atoms with Crippen LogP contribution in [-0.2, 0) is 4.79 Å². The Balaban J connectivity index is 1.78. The van der Waals surface area contributed by atoms with Crippen LogP contribution in [0.4, 0.5) is 4.39 Å². The van der Waals surface area contributed by atoms with Gasteiger partial charge in [-0.2, -0.15) is 0 Å². The van der Waals surface area contributed by atoms with Crippen molar-refractivity contribution in [2.45, 2.75) is 19.4 Å². The third kappa shape index (κ3) is 4.70. The Labute approximate surface area is 133 Å². The SMILES string of the molecule is CC(NC(=O)CCOc1ccc(F)cc1Cl)c1cccnc1. The minimum atomic E-state index is -0.430. The van der Waals surface area contributed by atoms with Gasteiger partial charge in [0.05, 0.1) is 24.1 Å². The van der Waals surface area contributed by atoms with Crippen LogP contribution >= 0.6 is 11.6 Å². The summed E-state index contributed by atoms with van der Waals surface area (Å²) >= 11 is 5.84. The number of hydrogen-bond donors (Lipinski definition) is 1. The zero-order valence-electron chi connectivity index (χ0n) is 12.1. The maximum atomic E-state index is 12.9. The van der Waals surface area contributed by atoms with Crippen molar-refractivity contribution in [3.63, 3.8) is 0 Å². The fraction of sp³-hybridized carbons (Fsp3) is 0.250. The molecule has 1 N–H and O–H groups in total. The fourth-order valence-electron chi connectivity index (χ4n) is 1.88. The average molecular weight is 323 g/mol. The van der Waals surface area contributed by atoms with E-state index in [4.69, 9.17) is 16.3 Å². The van der Waals surface area contributed by atoms with Gasteiger partial charge in [-0.3, -0.25) is 9.78 Å². The highest BCUT2D eigenvalue weighted by molar-refractivity contribution is 6.32. The van der Waals surface area contributed by atoms with Gasteiger partial charge < -0.3 is 10.1 Å². The van der Waals surface area contributed by atoms with Gasteiger partial charge in [0.2, 0.25) is 5.91 Å². The zero-order valence-corrected chi connectivity index (χ0v) is 12.8. The van der Waals surface area contributed by atoms with E-state index in [2.05, 4.69) is 10.3 Å². The van der Waals surface area contributed by atoms with Crippen molar-refractivity contribution in [3.8, 4) is 5.75 Å². The van der Waals surface area contributed by atoms with E-state index in [1.165, 1.54) is 18.2 Å². The molecule has 0 saturated heterocycles. The lowest BCUT2D eigenvalue weighted by atomic mass is 10.1. The topological polar surface area (TPSA) is 51.2 Å². The second-order valence-corrected chi connectivity index (χ2v) is 5.16. The molecule has 0 aliphatic heterocycles. The number of rotatable bonds is 6. The number of aromatic nitrogens is 1. The van der Waals surface area contributed by atoms with Crippen LogP contribution in [0.1, 0.15) is 24.9 Å². The summed E-state index contributed by atoms with van der Waals surface area (Å²) in [4.78, 5) is 15.9. The molecule has 0 spiro atoms. The first-order valence-corrected chi connectivity index (χ1v) is 7.21. The van der Waals surface area contributed by atoms with E-state index in [0.29, 0.717) is 5.75 Å². The number of carbonyl (C=O) groups excluding carboxylic acids is 1. The zero-order chi connectivity index (χ0) is 15.9. The molecule has 1 heterocycles. The minimum absolute atomic E-state index is 0.129. The van der Waals surface area contributed by atoms with Crippen molar-refractivity contribution < 1.29 is 13.9 Å². The molecule has 1 amide bonds. The lowest BCUT2D eigenvalue weighted by Gasteiger charge is -2.14. The Bertz CT molecular complexity index is 637. The number of nitrogens with one attached hydrogen (secondary N) is 1. The van der Waals surface area contributed by atoms with E-state index in [1.54, 1.807) is 12.4 Å². The molecule has 1 aromatic carbocycles. The second kappa shape index (κ2) is 7.75. The van der Waals surface area contributed by atoms with Gasteiger partial charge >= 0.3 is 0 Å². The Morgan fingerprint density at radius 3 is 2.95 bits per heavy atom. The van der Waals surface area contributed by atoms with Gasteiger partial charge in [-0.15, -0.1) is 0 Å². The predicted molar refractivity (Wildman–Crippen MR) is 82.3 cm³/mol. The monoisotopic (exact) mass is 322 g/mol. The highest BCUT2D eigenvalue weighted by atomic mass is 35.5. The summed E-state index contributed by atoms with van der Waals surface area (Å²) in [6.07, 6.45) is 3.57. The molecule has 1 atom stereocenters. The number of amides is 1. The molecule has 116 valence electrons. The molecule has 22 heavy (non-hydrogen) atoms. The molecule has 2 aromatic rings. The van der Waals surface area contributed by atoms with Gasteiger partial charge in [-0.1, -0.05) is 17.7 Å². The van der Waals surface area contributed by atoms with Crippen molar-refractivity contribution in [1.82, 2.24) is 10.3 Å². The van der Waals surface area contributed by atoms with Gasteiger partial charge in [0.1, 0.15) is 11.6 Å². The normalized spacial score (nSPS) is 11.8. The number of carbonyl (C=O) groups is 1. The Hall–Kier alpha value is -2.14. The lowest BCUT2D eigenvalue weighted by molar-refractivity contribution is -0.122. The quantitative estimate of drug-likeness (QED) is 0.885. The van der Waals surface area contributed by atoms with Gasteiger partial charge in [0.15, 0.2) is 0 Å². The minimum Gasteiger partial charge on any atom is -0.491 e. The molecule has 0 fully saturated rings. The summed E-state index contributed by atoms with van der Waals surface area (Å²) in [6.45, 7) is 2.05. The number of ether oxygens (including phenoxy) is 1. The summed E-state index contributed by atoms with van der Waals surface area (Å²) in [5.41, 5.74) is 0.929. The highest BCUT2D eigenvalue weighted by Gasteiger charge is 2.10. The molecule has 6 heteroatoms. The number of hydrogen-bond acceptors (Lipinski definition) is 3. The Morgan fingerprint density at radius 2 is 2.27 bits per heavy atom. The maximum Gasteiger partial charge on any atom is 0.223 e.